The zero-order chi connectivity index (χ0) is 40.5. The maximum Gasteiger partial charge on any atom is 0.306 e. The van der Waals surface area contributed by atoms with Crippen molar-refractivity contribution in [3.05, 3.63) is 56.0 Å². The van der Waals surface area contributed by atoms with Crippen LogP contribution in [0, 0.1) is 27.9 Å². The first-order chi connectivity index (χ1) is 25.5. The molecule has 0 aliphatic carbocycles. The number of carboxylic acid groups (broad SMARTS) is 1. The van der Waals surface area contributed by atoms with Crippen molar-refractivity contribution in [3.8, 4) is 0 Å². The summed E-state index contributed by atoms with van der Waals surface area (Å²) in [7, 11) is 3.57. The predicted molar refractivity (Wildman–Crippen MR) is 206 cm³/mol. The topological polar surface area (TPSA) is 210 Å². The smallest absolute Gasteiger partial charge is 0.306 e. The standard InChI is InChI=1S/C38H58N6O9S/c1-9-24(4)34(42-33(46)13-11-10-12-18-39-7)37(48)43(8)31(23(2)3)21-32(53-26(6)45)36-41-30(22-54-36)35(47)40-28(19-25(5)38(49)50)20-27-14-16-29(17-15-27)44(51)52/h14-17,22-25,28,31-32,34,39H,9-13,18-21H2,1-8H3,(H,40,47)(H,42,46)(H,49,50)/t24-,25+,28+,31+,32+,34-/m0/s1. The molecule has 0 saturated carbocycles. The fourth-order valence-corrected chi connectivity index (χ4v) is 6.97. The number of ether oxygens (including phenoxy) is 1. The van der Waals surface area contributed by atoms with E-state index in [1.165, 1.54) is 31.4 Å². The second-order valence-electron chi connectivity index (χ2n) is 14.3. The molecule has 1 heterocycles. The second kappa shape index (κ2) is 22.7. The van der Waals surface area contributed by atoms with Gasteiger partial charge in [0, 0.05) is 56.4 Å². The third-order valence-corrected chi connectivity index (χ3v) is 10.5. The van der Waals surface area contributed by atoms with E-state index >= 15 is 0 Å². The lowest BCUT2D eigenvalue weighted by atomic mass is 9.93. The van der Waals surface area contributed by atoms with Crippen molar-refractivity contribution in [2.24, 2.45) is 17.8 Å². The molecular weight excluding hydrogens is 717 g/mol. The van der Waals surface area contributed by atoms with Gasteiger partial charge in [0.25, 0.3) is 11.6 Å². The summed E-state index contributed by atoms with van der Waals surface area (Å²) in [6.45, 7) is 11.5. The summed E-state index contributed by atoms with van der Waals surface area (Å²) >= 11 is 1.12. The maximum atomic E-state index is 14.0. The van der Waals surface area contributed by atoms with Gasteiger partial charge in [-0.15, -0.1) is 11.3 Å². The van der Waals surface area contributed by atoms with E-state index in [1.54, 1.807) is 24.1 Å². The highest BCUT2D eigenvalue weighted by molar-refractivity contribution is 7.09. The van der Waals surface area contributed by atoms with Crippen LogP contribution in [0.25, 0.3) is 0 Å². The van der Waals surface area contributed by atoms with Crippen LogP contribution in [0.3, 0.4) is 0 Å². The number of esters is 1. The van der Waals surface area contributed by atoms with Gasteiger partial charge < -0.3 is 30.7 Å². The van der Waals surface area contributed by atoms with Gasteiger partial charge >= 0.3 is 11.9 Å². The minimum atomic E-state index is -1.03. The van der Waals surface area contributed by atoms with Crippen LogP contribution in [0.5, 0.6) is 0 Å². The number of aromatic nitrogens is 1. The molecule has 1 aromatic carbocycles. The third-order valence-electron chi connectivity index (χ3n) is 9.56. The number of likely N-dealkylation sites (N-methyl/N-ethyl adjacent to an activating group) is 1. The van der Waals surface area contributed by atoms with Gasteiger partial charge in [0.05, 0.1) is 10.8 Å². The summed E-state index contributed by atoms with van der Waals surface area (Å²) in [5.41, 5.74) is 0.626. The molecule has 0 fully saturated rings. The van der Waals surface area contributed by atoms with Gasteiger partial charge in [-0.05, 0) is 56.7 Å². The van der Waals surface area contributed by atoms with Gasteiger partial charge in [-0.3, -0.25) is 34.1 Å². The highest BCUT2D eigenvalue weighted by Gasteiger charge is 2.35. The third kappa shape index (κ3) is 14.8. The molecule has 15 nitrogen and oxygen atoms in total. The Labute approximate surface area is 322 Å². The molecule has 0 aliphatic rings. The average Bonchev–Trinajstić information content (AvgIpc) is 3.62. The number of rotatable bonds is 24. The maximum absolute atomic E-state index is 14.0. The van der Waals surface area contributed by atoms with Crippen LogP contribution in [-0.4, -0.2) is 88.3 Å². The minimum absolute atomic E-state index is 0.0415. The largest absolute Gasteiger partial charge is 0.481 e. The summed E-state index contributed by atoms with van der Waals surface area (Å²) in [5, 5.41) is 31.4. The van der Waals surface area contributed by atoms with Gasteiger partial charge in [-0.1, -0.05) is 59.6 Å². The van der Waals surface area contributed by atoms with Crippen molar-refractivity contribution in [2.45, 2.75) is 117 Å². The molecule has 300 valence electrons. The number of carboxylic acids is 1. The fraction of sp³-hybridized carbons (Fsp3) is 0.632. The van der Waals surface area contributed by atoms with Crippen LogP contribution < -0.4 is 16.0 Å². The van der Waals surface area contributed by atoms with Crippen molar-refractivity contribution in [3.63, 3.8) is 0 Å². The lowest BCUT2D eigenvalue weighted by molar-refractivity contribution is -0.384. The number of unbranched alkanes of at least 4 members (excludes halogenated alkanes) is 2. The zero-order valence-corrected chi connectivity index (χ0v) is 33.6. The fourth-order valence-electron chi connectivity index (χ4n) is 6.13. The zero-order valence-electron chi connectivity index (χ0n) is 32.8. The molecule has 0 radical (unpaired) electrons. The van der Waals surface area contributed by atoms with Crippen LogP contribution in [0.2, 0.25) is 0 Å². The normalized spacial score (nSPS) is 14.6. The number of non-ortho nitro benzene ring substituents is 1. The first-order valence-electron chi connectivity index (χ1n) is 18.6. The van der Waals surface area contributed by atoms with Crippen LogP contribution >= 0.6 is 11.3 Å². The summed E-state index contributed by atoms with van der Waals surface area (Å²) < 4.78 is 5.72. The number of nitro benzene ring substituents is 1. The van der Waals surface area contributed by atoms with Crippen LogP contribution in [0.15, 0.2) is 29.6 Å². The molecule has 3 amide bonds. The van der Waals surface area contributed by atoms with Crippen LogP contribution in [0.4, 0.5) is 5.69 Å². The first kappa shape index (κ1) is 45.7. The van der Waals surface area contributed by atoms with E-state index < -0.39 is 52.9 Å². The Morgan fingerprint density at radius 2 is 1.69 bits per heavy atom. The Bertz CT molecular complexity index is 1550. The molecule has 0 aliphatic heterocycles. The van der Waals surface area contributed by atoms with Crippen molar-refractivity contribution >= 4 is 46.7 Å². The number of thiazole rings is 1. The lowest BCUT2D eigenvalue weighted by Gasteiger charge is -2.37. The number of hydrogen-bond donors (Lipinski definition) is 4. The summed E-state index contributed by atoms with van der Waals surface area (Å²) in [4.78, 5) is 81.1. The molecule has 2 aromatic rings. The Hall–Kier alpha value is -4.44. The molecule has 0 unspecified atom stereocenters. The Morgan fingerprint density at radius 1 is 1.02 bits per heavy atom. The summed E-state index contributed by atoms with van der Waals surface area (Å²) in [6, 6.07) is 4.01. The number of nitro groups is 1. The molecule has 1 aromatic heterocycles. The number of carbonyl (C=O) groups excluding carboxylic acids is 4. The number of nitrogens with zero attached hydrogens (tertiary/aromatic N) is 3. The van der Waals surface area contributed by atoms with Gasteiger partial charge in [-0.25, -0.2) is 4.98 Å². The summed E-state index contributed by atoms with van der Waals surface area (Å²) in [5.74, 6) is -3.59. The molecule has 2 rings (SSSR count). The minimum Gasteiger partial charge on any atom is -0.481 e. The molecule has 54 heavy (non-hydrogen) atoms. The van der Waals surface area contributed by atoms with E-state index in [0.717, 1.165) is 37.1 Å². The van der Waals surface area contributed by atoms with E-state index in [4.69, 9.17) is 4.74 Å². The van der Waals surface area contributed by atoms with E-state index in [2.05, 4.69) is 20.9 Å². The van der Waals surface area contributed by atoms with Crippen LogP contribution in [0.1, 0.15) is 114 Å². The molecular formula is C38H58N6O9S. The molecule has 0 bridgehead atoms. The number of amides is 3. The highest BCUT2D eigenvalue weighted by Crippen LogP contribution is 2.31. The molecule has 6 atom stereocenters. The predicted octanol–water partition coefficient (Wildman–Crippen LogP) is 5.29. The van der Waals surface area contributed by atoms with Crippen molar-refractivity contribution < 1.29 is 38.7 Å². The summed E-state index contributed by atoms with van der Waals surface area (Å²) in [6.07, 6.45) is 3.18. The van der Waals surface area contributed by atoms with Gasteiger partial charge in [0.2, 0.25) is 11.8 Å². The van der Waals surface area contributed by atoms with E-state index in [0.29, 0.717) is 23.4 Å². The Kier molecular flexibility index (Phi) is 19.2. The Balaban J connectivity index is 2.28. The number of benzene rings is 1. The monoisotopic (exact) mass is 774 g/mol. The van der Waals surface area contributed by atoms with Gasteiger partial charge in [-0.2, -0.15) is 0 Å². The first-order valence-corrected chi connectivity index (χ1v) is 19.5. The van der Waals surface area contributed by atoms with Gasteiger partial charge in [0.15, 0.2) is 6.10 Å². The second-order valence-corrected chi connectivity index (χ2v) is 15.2. The number of aliphatic carboxylic acids is 1. The SMILES string of the molecule is CC[C@H](C)[C@H](NC(=O)CCCCCNC)C(=O)N(C)[C@H](C[C@@H](OC(C)=O)c1nc(C(=O)N[C@@H](Cc2ccc([N+](=O)[O-])cc2)C[C@@H](C)C(=O)O)cs1)C(C)C. The van der Waals surface area contributed by atoms with E-state index in [1.807, 2.05) is 34.7 Å². The number of hydrogen-bond acceptors (Lipinski definition) is 11. The lowest BCUT2D eigenvalue weighted by Crippen LogP contribution is -2.54. The number of nitrogens with one attached hydrogen (secondary N) is 3. The molecule has 4 N–H and O–H groups in total. The van der Waals surface area contributed by atoms with E-state index in [9.17, 15) is 39.2 Å². The van der Waals surface area contributed by atoms with Gasteiger partial charge in [0.1, 0.15) is 16.7 Å². The van der Waals surface area contributed by atoms with Crippen molar-refractivity contribution in [1.29, 1.82) is 0 Å². The molecule has 0 saturated heterocycles. The van der Waals surface area contributed by atoms with E-state index in [-0.39, 0.29) is 54.3 Å². The molecule has 0 spiro atoms. The van der Waals surface area contributed by atoms with Crippen LogP contribution in [-0.2, 0) is 30.3 Å². The van der Waals surface area contributed by atoms with Crippen molar-refractivity contribution in [2.75, 3.05) is 20.6 Å². The average molecular weight is 775 g/mol. The Morgan fingerprint density at radius 3 is 2.24 bits per heavy atom. The quantitative estimate of drug-likeness (QED) is 0.0466. The number of carbonyl (C=O) groups is 5. The highest BCUT2D eigenvalue weighted by atomic mass is 32.1. The molecule has 16 heteroatoms. The van der Waals surface area contributed by atoms with Crippen molar-refractivity contribution in [1.82, 2.24) is 25.8 Å².